The molecule has 1 aliphatic carbocycles. The summed E-state index contributed by atoms with van der Waals surface area (Å²) in [6, 6.07) is 11.3. The van der Waals surface area contributed by atoms with E-state index in [-0.39, 0.29) is 52.0 Å². The van der Waals surface area contributed by atoms with Gasteiger partial charge in [-0.3, -0.25) is 14.3 Å². The van der Waals surface area contributed by atoms with Gasteiger partial charge in [0.25, 0.3) is 5.91 Å². The third-order valence-electron chi connectivity index (χ3n) is 11.4. The largest absolute Gasteiger partial charge is 0.509 e. The Bertz CT molecular complexity index is 2140. The first kappa shape index (κ1) is 42.3. The lowest BCUT2D eigenvalue weighted by Crippen LogP contribution is -2.47. The quantitative estimate of drug-likeness (QED) is 0.130. The van der Waals surface area contributed by atoms with Gasteiger partial charge in [0.1, 0.15) is 17.4 Å². The van der Waals surface area contributed by atoms with Crippen LogP contribution in [0, 0.1) is 17.8 Å². The van der Waals surface area contributed by atoms with Gasteiger partial charge < -0.3 is 23.8 Å². The van der Waals surface area contributed by atoms with Crippen LogP contribution in [0.3, 0.4) is 0 Å². The summed E-state index contributed by atoms with van der Waals surface area (Å²) in [5.41, 5.74) is 3.16. The fourth-order valence-corrected chi connectivity index (χ4v) is 11.0. The number of Topliss-reactive ketones (excluding diaryl/α,β-unsaturated/α-hetero) is 1. The highest BCUT2D eigenvalue weighted by Crippen LogP contribution is 2.45. The molecule has 12 nitrogen and oxygen atoms in total. The SMILES string of the molecule is CC[C@H]1CN2C[C@@]3(CCCc4cc(Cl)ccc43)COc3ccc(cc32)C(=O)N=[S@](=O)(CC(=O)c2cn(C)nc2OC)C[C@@H](C)C/C=C/[C@H](OC(=O)OC(C)C)[C@@H]1C. The number of aryl methyl sites for hydroxylation is 2. The van der Waals surface area contributed by atoms with Crippen LogP contribution in [0.4, 0.5) is 10.5 Å². The molecule has 0 saturated heterocycles. The third kappa shape index (κ3) is 9.68. The van der Waals surface area contributed by atoms with Crippen LogP contribution in [0.25, 0.3) is 0 Å². The van der Waals surface area contributed by atoms with E-state index < -0.39 is 39.4 Å². The number of ketones is 1. The van der Waals surface area contributed by atoms with Gasteiger partial charge >= 0.3 is 6.16 Å². The van der Waals surface area contributed by atoms with E-state index in [9.17, 15) is 18.6 Å². The van der Waals surface area contributed by atoms with Crippen molar-refractivity contribution >= 4 is 44.9 Å². The van der Waals surface area contributed by atoms with Crippen LogP contribution in [0.1, 0.15) is 92.1 Å². The molecule has 3 heterocycles. The Labute approximate surface area is 341 Å². The van der Waals surface area contributed by atoms with Gasteiger partial charge in [0, 0.05) is 54.0 Å². The standard InChI is InChI=1S/C43H55ClN4O8S/c1-8-30-21-48-25-43(18-10-12-31-19-33(44)15-16-35(31)43)26-54-39-17-14-32(20-36(39)48)40(50)46-57(52,24-37(49)34-22-47(6)45-41(34)53-7)23-28(4)11-9-13-38(29(30)5)56-42(51)55-27(2)3/h9,13-17,19-20,22,27-30,38H,8,10-12,18,21,23-26H2,1-7H3/b13-9+/t28-,29+,30-,38-,43-,57+/m0/s1. The molecular formula is C43H55ClN4O8S. The minimum absolute atomic E-state index is 0.0302. The molecule has 2 aromatic carbocycles. The van der Waals surface area contributed by atoms with Gasteiger partial charge in [0.2, 0.25) is 5.88 Å². The van der Waals surface area contributed by atoms with E-state index in [4.69, 9.17) is 30.5 Å². The summed E-state index contributed by atoms with van der Waals surface area (Å²) in [6.45, 7) is 11.3. The second-order valence-electron chi connectivity index (χ2n) is 16.2. The fraction of sp³-hybridized carbons (Fsp3) is 0.535. The zero-order valence-corrected chi connectivity index (χ0v) is 35.6. The Hall–Kier alpha value is -4.36. The molecule has 57 heavy (non-hydrogen) atoms. The third-order valence-corrected chi connectivity index (χ3v) is 13.9. The Morgan fingerprint density at radius 2 is 1.95 bits per heavy atom. The molecule has 2 aliphatic heterocycles. The Kier molecular flexibility index (Phi) is 13.1. The summed E-state index contributed by atoms with van der Waals surface area (Å²) < 4.78 is 44.1. The van der Waals surface area contributed by atoms with Gasteiger partial charge in [-0.2, -0.15) is 4.36 Å². The van der Waals surface area contributed by atoms with Crippen molar-refractivity contribution in [2.75, 3.05) is 43.2 Å². The van der Waals surface area contributed by atoms with E-state index in [0.29, 0.717) is 36.9 Å². The van der Waals surface area contributed by atoms with Crippen LogP contribution in [-0.4, -0.2) is 82.4 Å². The predicted molar refractivity (Wildman–Crippen MR) is 221 cm³/mol. The second-order valence-corrected chi connectivity index (χ2v) is 19.0. The molecule has 2 bridgehead atoms. The smallest absolute Gasteiger partial charge is 0.490 e. The predicted octanol–water partition coefficient (Wildman–Crippen LogP) is 8.23. The molecule has 0 radical (unpaired) electrons. The van der Waals surface area contributed by atoms with Crippen molar-refractivity contribution in [3.05, 3.63) is 82.0 Å². The molecule has 0 N–H and O–H groups in total. The van der Waals surface area contributed by atoms with Crippen molar-refractivity contribution in [2.24, 2.45) is 29.2 Å². The monoisotopic (exact) mass is 822 g/mol. The summed E-state index contributed by atoms with van der Waals surface area (Å²) >= 11 is 6.49. The molecule has 1 amide bonds. The van der Waals surface area contributed by atoms with Gasteiger partial charge in [-0.15, -0.1) is 5.10 Å². The Balaban J connectivity index is 1.47. The highest BCUT2D eigenvalue weighted by molar-refractivity contribution is 7.94. The fourth-order valence-electron chi connectivity index (χ4n) is 8.50. The molecule has 0 fully saturated rings. The number of anilines is 1. The average molecular weight is 823 g/mol. The molecule has 308 valence electrons. The first-order valence-electron chi connectivity index (χ1n) is 19.8. The molecule has 14 heteroatoms. The van der Waals surface area contributed by atoms with Crippen molar-refractivity contribution < 1.29 is 37.5 Å². The lowest BCUT2D eigenvalue weighted by molar-refractivity contribution is -0.00155. The summed E-state index contributed by atoms with van der Waals surface area (Å²) in [4.78, 5) is 43.2. The Morgan fingerprint density at radius 1 is 1.16 bits per heavy atom. The van der Waals surface area contributed by atoms with Crippen molar-refractivity contribution in [1.82, 2.24) is 9.78 Å². The van der Waals surface area contributed by atoms with Crippen LogP contribution in [-0.2, 0) is 38.1 Å². The molecular weight excluding hydrogens is 768 g/mol. The first-order chi connectivity index (χ1) is 27.1. The number of methoxy groups -OCH3 is 1. The lowest BCUT2D eigenvalue weighted by Gasteiger charge is -2.42. The summed E-state index contributed by atoms with van der Waals surface area (Å²) in [5, 5.41) is 4.88. The Morgan fingerprint density at radius 3 is 2.68 bits per heavy atom. The number of amides is 1. The summed E-state index contributed by atoms with van der Waals surface area (Å²) in [7, 11) is -0.391. The van der Waals surface area contributed by atoms with Crippen LogP contribution >= 0.6 is 11.6 Å². The van der Waals surface area contributed by atoms with E-state index in [0.717, 1.165) is 31.4 Å². The van der Waals surface area contributed by atoms with Crippen LogP contribution in [0.15, 0.2) is 59.1 Å². The van der Waals surface area contributed by atoms with Crippen molar-refractivity contribution in [3.63, 3.8) is 0 Å². The van der Waals surface area contributed by atoms with Gasteiger partial charge in [-0.1, -0.05) is 50.9 Å². The maximum atomic E-state index is 14.8. The number of hydrogen-bond donors (Lipinski definition) is 0. The number of allylic oxidation sites excluding steroid dienone is 1. The summed E-state index contributed by atoms with van der Waals surface area (Å²) in [6.07, 6.45) is 7.57. The van der Waals surface area contributed by atoms with E-state index in [1.807, 2.05) is 25.1 Å². The second kappa shape index (κ2) is 17.6. The van der Waals surface area contributed by atoms with Crippen molar-refractivity contribution in [2.45, 2.75) is 84.3 Å². The molecule has 6 rings (SSSR count). The molecule has 1 aromatic heterocycles. The number of hydrogen-bond acceptors (Lipinski definition) is 10. The highest BCUT2D eigenvalue weighted by Gasteiger charge is 2.43. The minimum Gasteiger partial charge on any atom is -0.490 e. The zero-order chi connectivity index (χ0) is 41.1. The minimum atomic E-state index is -3.46. The number of nitrogens with zero attached hydrogens (tertiary/aromatic N) is 4. The molecule has 3 aliphatic rings. The molecule has 6 atom stereocenters. The number of benzene rings is 2. The van der Waals surface area contributed by atoms with Crippen molar-refractivity contribution in [3.8, 4) is 11.6 Å². The molecule has 0 saturated carbocycles. The van der Waals surface area contributed by atoms with E-state index >= 15 is 0 Å². The van der Waals surface area contributed by atoms with Gasteiger partial charge in [-0.25, -0.2) is 9.00 Å². The topological polar surface area (TPSA) is 139 Å². The molecule has 1 spiro atoms. The maximum absolute atomic E-state index is 14.8. The zero-order valence-electron chi connectivity index (χ0n) is 34.0. The number of ether oxygens (including phenoxy) is 4. The van der Waals surface area contributed by atoms with Crippen molar-refractivity contribution in [1.29, 1.82) is 0 Å². The number of halogens is 1. The van der Waals surface area contributed by atoms with Gasteiger partial charge in [-0.05, 0) is 98.9 Å². The number of carbonyl (C=O) groups is 3. The number of rotatable bonds is 7. The van der Waals surface area contributed by atoms with Gasteiger partial charge in [0.05, 0.1) is 41.0 Å². The average Bonchev–Trinajstić information content (AvgIpc) is 3.47. The van der Waals surface area contributed by atoms with E-state index in [1.54, 1.807) is 39.1 Å². The first-order valence-corrected chi connectivity index (χ1v) is 22.1. The summed E-state index contributed by atoms with van der Waals surface area (Å²) in [5.74, 6) is -1.33. The number of fused-ring (bicyclic) bond motifs is 3. The normalized spacial score (nSPS) is 27.1. The number of carbonyl (C=O) groups excluding carboxylic acids is 3. The van der Waals surface area contributed by atoms with Crippen LogP contribution < -0.4 is 14.4 Å². The van der Waals surface area contributed by atoms with E-state index in [1.165, 1.54) is 29.1 Å². The van der Waals surface area contributed by atoms with E-state index in [2.05, 4.69) is 40.3 Å². The maximum Gasteiger partial charge on any atom is 0.509 e. The highest BCUT2D eigenvalue weighted by atomic mass is 35.5. The lowest BCUT2D eigenvalue weighted by atomic mass is 9.70. The molecule has 3 aromatic rings. The van der Waals surface area contributed by atoms with Gasteiger partial charge in [0.15, 0.2) is 5.78 Å². The molecule has 0 unspecified atom stereocenters. The number of aromatic nitrogens is 2. The van der Waals surface area contributed by atoms with Crippen LogP contribution in [0.2, 0.25) is 5.02 Å². The van der Waals surface area contributed by atoms with Crippen LogP contribution in [0.5, 0.6) is 11.6 Å².